The molecule has 0 radical (unpaired) electrons. The molecule has 0 saturated carbocycles. The first kappa shape index (κ1) is 12.8. The standard InChI is InChI=1S/C14H20N4/c1-4-7-15-12(3)13-5-6-14(16-9-13)18-10-11(2)8-17-18/h5-6,8-10,12,15H,4,7H2,1-3H3. The second kappa shape index (κ2) is 5.78. The van der Waals surface area contributed by atoms with E-state index in [1.807, 2.05) is 31.6 Å². The van der Waals surface area contributed by atoms with Gasteiger partial charge in [0.1, 0.15) is 0 Å². The molecule has 0 bridgehead atoms. The fourth-order valence-electron chi connectivity index (χ4n) is 1.81. The Labute approximate surface area is 108 Å². The summed E-state index contributed by atoms with van der Waals surface area (Å²) in [6, 6.07) is 4.45. The van der Waals surface area contributed by atoms with Crippen molar-refractivity contribution in [3.8, 4) is 5.82 Å². The minimum absolute atomic E-state index is 0.339. The predicted molar refractivity (Wildman–Crippen MR) is 72.8 cm³/mol. The Balaban J connectivity index is 2.10. The van der Waals surface area contributed by atoms with E-state index in [0.29, 0.717) is 6.04 Å². The summed E-state index contributed by atoms with van der Waals surface area (Å²) < 4.78 is 1.79. The van der Waals surface area contributed by atoms with Crippen LogP contribution in [0.25, 0.3) is 5.82 Å². The van der Waals surface area contributed by atoms with Crippen LogP contribution in [0.15, 0.2) is 30.7 Å². The van der Waals surface area contributed by atoms with Crippen LogP contribution < -0.4 is 5.32 Å². The Morgan fingerprint density at radius 3 is 2.72 bits per heavy atom. The molecule has 0 spiro atoms. The molecule has 0 fully saturated rings. The molecule has 18 heavy (non-hydrogen) atoms. The highest BCUT2D eigenvalue weighted by Crippen LogP contribution is 2.13. The monoisotopic (exact) mass is 244 g/mol. The first-order chi connectivity index (χ1) is 8.70. The molecule has 2 aromatic heterocycles. The van der Waals surface area contributed by atoms with Crippen molar-refractivity contribution >= 4 is 0 Å². The molecule has 2 rings (SSSR count). The summed E-state index contributed by atoms with van der Waals surface area (Å²) in [7, 11) is 0. The maximum Gasteiger partial charge on any atom is 0.153 e. The molecule has 2 aromatic rings. The summed E-state index contributed by atoms with van der Waals surface area (Å²) in [5.74, 6) is 0.856. The lowest BCUT2D eigenvalue weighted by Gasteiger charge is -2.13. The van der Waals surface area contributed by atoms with Crippen molar-refractivity contribution in [1.29, 1.82) is 0 Å². The molecule has 4 nitrogen and oxygen atoms in total. The van der Waals surface area contributed by atoms with Gasteiger partial charge in [-0.25, -0.2) is 9.67 Å². The number of nitrogens with zero attached hydrogens (tertiary/aromatic N) is 3. The lowest BCUT2D eigenvalue weighted by molar-refractivity contribution is 0.569. The maximum atomic E-state index is 4.45. The number of aromatic nitrogens is 3. The van der Waals surface area contributed by atoms with Gasteiger partial charge in [-0.05, 0) is 44.0 Å². The highest BCUT2D eigenvalue weighted by Gasteiger charge is 2.05. The zero-order valence-corrected chi connectivity index (χ0v) is 11.2. The van der Waals surface area contributed by atoms with E-state index in [-0.39, 0.29) is 0 Å². The summed E-state index contributed by atoms with van der Waals surface area (Å²) in [6.45, 7) is 7.38. The molecular formula is C14H20N4. The van der Waals surface area contributed by atoms with Gasteiger partial charge in [0.25, 0.3) is 0 Å². The van der Waals surface area contributed by atoms with Crippen molar-refractivity contribution in [3.05, 3.63) is 41.9 Å². The maximum absolute atomic E-state index is 4.45. The third-order valence-corrected chi connectivity index (χ3v) is 2.92. The largest absolute Gasteiger partial charge is 0.310 e. The number of nitrogens with one attached hydrogen (secondary N) is 1. The number of aryl methyl sites for hydroxylation is 1. The second-order valence-electron chi connectivity index (χ2n) is 4.59. The smallest absolute Gasteiger partial charge is 0.153 e. The van der Waals surface area contributed by atoms with Gasteiger partial charge in [0, 0.05) is 18.4 Å². The number of hydrogen-bond acceptors (Lipinski definition) is 3. The molecule has 4 heteroatoms. The van der Waals surface area contributed by atoms with Crippen LogP contribution in [0.1, 0.15) is 37.4 Å². The lowest BCUT2D eigenvalue weighted by atomic mass is 10.1. The van der Waals surface area contributed by atoms with Crippen molar-refractivity contribution < 1.29 is 0 Å². The normalized spacial score (nSPS) is 12.6. The lowest BCUT2D eigenvalue weighted by Crippen LogP contribution is -2.19. The van der Waals surface area contributed by atoms with Crippen LogP contribution in [0.2, 0.25) is 0 Å². The Morgan fingerprint density at radius 1 is 1.33 bits per heavy atom. The third kappa shape index (κ3) is 2.96. The molecule has 0 aliphatic heterocycles. The van der Waals surface area contributed by atoms with E-state index in [1.54, 1.807) is 4.68 Å². The van der Waals surface area contributed by atoms with E-state index in [4.69, 9.17) is 0 Å². The average molecular weight is 244 g/mol. The summed E-state index contributed by atoms with van der Waals surface area (Å²) >= 11 is 0. The van der Waals surface area contributed by atoms with Gasteiger partial charge < -0.3 is 5.32 Å². The highest BCUT2D eigenvalue weighted by atomic mass is 15.3. The van der Waals surface area contributed by atoms with Crippen LogP contribution in [0.5, 0.6) is 0 Å². The molecule has 96 valence electrons. The minimum atomic E-state index is 0.339. The SMILES string of the molecule is CCCNC(C)c1ccc(-n2cc(C)cn2)nc1. The van der Waals surface area contributed by atoms with Gasteiger partial charge in [-0.2, -0.15) is 5.10 Å². The number of rotatable bonds is 5. The van der Waals surface area contributed by atoms with Crippen molar-refractivity contribution in [2.45, 2.75) is 33.2 Å². The predicted octanol–water partition coefficient (Wildman–Crippen LogP) is 2.64. The Bertz CT molecular complexity index is 487. The summed E-state index contributed by atoms with van der Waals surface area (Å²) in [6.07, 6.45) is 6.86. The molecule has 0 aliphatic carbocycles. The zero-order chi connectivity index (χ0) is 13.0. The average Bonchev–Trinajstić information content (AvgIpc) is 2.83. The van der Waals surface area contributed by atoms with Crippen LogP contribution in [0, 0.1) is 6.92 Å². The molecular weight excluding hydrogens is 224 g/mol. The minimum Gasteiger partial charge on any atom is -0.310 e. The summed E-state index contributed by atoms with van der Waals surface area (Å²) in [5.41, 5.74) is 2.34. The topological polar surface area (TPSA) is 42.7 Å². The summed E-state index contributed by atoms with van der Waals surface area (Å²) in [4.78, 5) is 4.45. The Kier molecular flexibility index (Phi) is 4.10. The fraction of sp³-hybridized carbons (Fsp3) is 0.429. The van der Waals surface area contributed by atoms with Crippen LogP contribution >= 0.6 is 0 Å². The third-order valence-electron chi connectivity index (χ3n) is 2.92. The molecule has 0 aromatic carbocycles. The van der Waals surface area contributed by atoms with Crippen LogP contribution in [-0.4, -0.2) is 21.3 Å². The van der Waals surface area contributed by atoms with E-state index >= 15 is 0 Å². The molecule has 0 aliphatic rings. The summed E-state index contributed by atoms with van der Waals surface area (Å²) in [5, 5.41) is 7.70. The van der Waals surface area contributed by atoms with Crippen molar-refractivity contribution in [1.82, 2.24) is 20.1 Å². The molecule has 2 heterocycles. The van der Waals surface area contributed by atoms with E-state index in [9.17, 15) is 0 Å². The molecule has 0 amide bonds. The number of hydrogen-bond donors (Lipinski definition) is 1. The van der Waals surface area contributed by atoms with Crippen LogP contribution in [0.4, 0.5) is 0 Å². The van der Waals surface area contributed by atoms with Gasteiger partial charge in [-0.15, -0.1) is 0 Å². The van der Waals surface area contributed by atoms with Crippen molar-refractivity contribution in [2.75, 3.05) is 6.54 Å². The zero-order valence-electron chi connectivity index (χ0n) is 11.2. The first-order valence-electron chi connectivity index (χ1n) is 6.41. The Morgan fingerprint density at radius 2 is 2.17 bits per heavy atom. The molecule has 0 saturated heterocycles. The number of pyridine rings is 1. The van der Waals surface area contributed by atoms with Gasteiger partial charge >= 0.3 is 0 Å². The van der Waals surface area contributed by atoms with E-state index in [0.717, 1.165) is 24.3 Å². The quantitative estimate of drug-likeness (QED) is 0.879. The van der Waals surface area contributed by atoms with Crippen LogP contribution in [-0.2, 0) is 0 Å². The molecule has 1 unspecified atom stereocenters. The van der Waals surface area contributed by atoms with E-state index < -0.39 is 0 Å². The van der Waals surface area contributed by atoms with Crippen molar-refractivity contribution in [2.24, 2.45) is 0 Å². The van der Waals surface area contributed by atoms with Gasteiger partial charge in [0.05, 0.1) is 6.20 Å². The van der Waals surface area contributed by atoms with Gasteiger partial charge in [-0.3, -0.25) is 0 Å². The van der Waals surface area contributed by atoms with E-state index in [1.165, 1.54) is 5.56 Å². The molecule has 1 N–H and O–H groups in total. The van der Waals surface area contributed by atoms with Crippen LogP contribution in [0.3, 0.4) is 0 Å². The van der Waals surface area contributed by atoms with E-state index in [2.05, 4.69) is 35.3 Å². The highest BCUT2D eigenvalue weighted by molar-refractivity contribution is 5.26. The van der Waals surface area contributed by atoms with Gasteiger partial charge in [-0.1, -0.05) is 13.0 Å². The van der Waals surface area contributed by atoms with Crippen molar-refractivity contribution in [3.63, 3.8) is 0 Å². The van der Waals surface area contributed by atoms with Gasteiger partial charge in [0.15, 0.2) is 5.82 Å². The van der Waals surface area contributed by atoms with Gasteiger partial charge in [0.2, 0.25) is 0 Å². The molecule has 1 atom stereocenters. The first-order valence-corrected chi connectivity index (χ1v) is 6.41. The Hall–Kier alpha value is -1.68. The second-order valence-corrected chi connectivity index (χ2v) is 4.59. The fourth-order valence-corrected chi connectivity index (χ4v) is 1.81.